The van der Waals surface area contributed by atoms with E-state index in [0.29, 0.717) is 12.1 Å². The number of nitrogens with one attached hydrogen (secondary N) is 1. The van der Waals surface area contributed by atoms with Gasteiger partial charge < -0.3 is 14.8 Å². The summed E-state index contributed by atoms with van der Waals surface area (Å²) in [5, 5.41) is 3.52. The Balaban J connectivity index is 2.15. The van der Waals surface area contributed by atoms with Crippen molar-refractivity contribution < 1.29 is 0 Å². The molecule has 2 atom stereocenters. The van der Waals surface area contributed by atoms with Gasteiger partial charge in [0.2, 0.25) is 5.95 Å². The minimum Gasteiger partial charge on any atom is -0.339 e. The maximum absolute atomic E-state index is 4.44. The predicted molar refractivity (Wildman–Crippen MR) is 66.7 cm³/mol. The van der Waals surface area contributed by atoms with Crippen LogP contribution in [-0.4, -0.2) is 34.7 Å². The molecule has 4 heteroatoms. The lowest BCUT2D eigenvalue weighted by Gasteiger charge is -2.36. The van der Waals surface area contributed by atoms with E-state index in [-0.39, 0.29) is 0 Å². The number of imidazole rings is 1. The third-order valence-electron chi connectivity index (χ3n) is 2.86. The summed E-state index contributed by atoms with van der Waals surface area (Å²) in [5.41, 5.74) is 0. The van der Waals surface area contributed by atoms with Crippen molar-refractivity contribution in [2.24, 2.45) is 0 Å². The monoisotopic (exact) mass is 220 g/mol. The Labute approximate surface area is 97.0 Å². The summed E-state index contributed by atoms with van der Waals surface area (Å²) in [4.78, 5) is 6.78. The minimum absolute atomic E-state index is 0.512. The van der Waals surface area contributed by atoms with Gasteiger partial charge >= 0.3 is 0 Å². The average molecular weight is 220 g/mol. The molecule has 0 amide bonds. The van der Waals surface area contributed by atoms with Crippen molar-refractivity contribution in [3.63, 3.8) is 0 Å². The van der Waals surface area contributed by atoms with E-state index in [1.165, 1.54) is 0 Å². The molecule has 1 saturated heterocycles. The molecule has 1 aromatic heterocycles. The van der Waals surface area contributed by atoms with E-state index in [4.69, 9.17) is 0 Å². The molecular formula is C12H20N4. The zero-order valence-electron chi connectivity index (χ0n) is 10.1. The van der Waals surface area contributed by atoms with Crippen LogP contribution in [0.4, 0.5) is 5.95 Å². The molecule has 0 radical (unpaired) electrons. The fourth-order valence-corrected chi connectivity index (χ4v) is 2.36. The van der Waals surface area contributed by atoms with Gasteiger partial charge in [-0.05, 0) is 13.8 Å². The Bertz CT molecular complexity index is 348. The summed E-state index contributed by atoms with van der Waals surface area (Å²) < 4.78 is 2.14. The van der Waals surface area contributed by atoms with E-state index in [1.807, 2.05) is 18.5 Å². The minimum atomic E-state index is 0.512. The maximum atomic E-state index is 4.44. The van der Waals surface area contributed by atoms with Crippen LogP contribution in [-0.2, 0) is 6.54 Å². The molecular weight excluding hydrogens is 200 g/mol. The van der Waals surface area contributed by atoms with Crippen molar-refractivity contribution in [3.05, 3.63) is 25.0 Å². The second-order valence-electron chi connectivity index (χ2n) is 4.54. The van der Waals surface area contributed by atoms with Gasteiger partial charge in [0.1, 0.15) is 0 Å². The highest BCUT2D eigenvalue weighted by Crippen LogP contribution is 2.15. The molecule has 1 N–H and O–H groups in total. The zero-order chi connectivity index (χ0) is 11.5. The summed E-state index contributed by atoms with van der Waals surface area (Å²) in [7, 11) is 0. The van der Waals surface area contributed by atoms with Crippen LogP contribution in [0.25, 0.3) is 0 Å². The van der Waals surface area contributed by atoms with E-state index in [0.717, 1.165) is 25.6 Å². The zero-order valence-corrected chi connectivity index (χ0v) is 10.1. The van der Waals surface area contributed by atoms with Crippen LogP contribution in [0.3, 0.4) is 0 Å². The number of hydrogen-bond acceptors (Lipinski definition) is 3. The smallest absolute Gasteiger partial charge is 0.205 e. The van der Waals surface area contributed by atoms with Gasteiger partial charge in [-0.25, -0.2) is 4.98 Å². The van der Waals surface area contributed by atoms with Crippen LogP contribution in [0.1, 0.15) is 13.8 Å². The predicted octanol–water partition coefficient (Wildman–Crippen LogP) is 1.26. The van der Waals surface area contributed by atoms with Crippen molar-refractivity contribution in [1.82, 2.24) is 14.9 Å². The Morgan fingerprint density at radius 2 is 2.19 bits per heavy atom. The summed E-state index contributed by atoms with van der Waals surface area (Å²) in [6.45, 7) is 11.0. The van der Waals surface area contributed by atoms with E-state index in [9.17, 15) is 0 Å². The van der Waals surface area contributed by atoms with Crippen LogP contribution in [0.2, 0.25) is 0 Å². The summed E-state index contributed by atoms with van der Waals surface area (Å²) in [5.74, 6) is 1.06. The molecule has 4 nitrogen and oxygen atoms in total. The first kappa shape index (κ1) is 11.2. The number of aromatic nitrogens is 2. The second kappa shape index (κ2) is 4.70. The Morgan fingerprint density at radius 3 is 2.81 bits per heavy atom. The molecule has 0 aromatic carbocycles. The SMILES string of the molecule is C=CCn1ccnc1N1CC(C)NC(C)C1. The van der Waals surface area contributed by atoms with E-state index in [1.54, 1.807) is 0 Å². The van der Waals surface area contributed by atoms with Gasteiger partial charge in [-0.15, -0.1) is 6.58 Å². The van der Waals surface area contributed by atoms with Gasteiger partial charge in [-0.2, -0.15) is 0 Å². The molecule has 2 heterocycles. The number of nitrogens with zero attached hydrogens (tertiary/aromatic N) is 3. The molecule has 0 bridgehead atoms. The number of piperazine rings is 1. The van der Waals surface area contributed by atoms with Crippen molar-refractivity contribution in [1.29, 1.82) is 0 Å². The van der Waals surface area contributed by atoms with Crippen LogP contribution in [0.15, 0.2) is 25.0 Å². The first-order chi connectivity index (χ1) is 7.70. The summed E-state index contributed by atoms with van der Waals surface area (Å²) in [6, 6.07) is 1.02. The molecule has 0 spiro atoms. The molecule has 16 heavy (non-hydrogen) atoms. The molecule has 88 valence electrons. The molecule has 1 aliphatic heterocycles. The van der Waals surface area contributed by atoms with Gasteiger partial charge in [-0.1, -0.05) is 6.08 Å². The standard InChI is InChI=1S/C12H20N4/c1-4-6-15-7-5-13-12(15)16-8-10(2)14-11(3)9-16/h4-5,7,10-11,14H,1,6,8-9H2,2-3H3. The maximum Gasteiger partial charge on any atom is 0.205 e. The first-order valence-electron chi connectivity index (χ1n) is 5.83. The van der Waals surface area contributed by atoms with Gasteiger partial charge in [-0.3, -0.25) is 0 Å². The Kier molecular flexibility index (Phi) is 3.29. The fourth-order valence-electron chi connectivity index (χ4n) is 2.36. The molecule has 1 aliphatic rings. The number of hydrogen-bond donors (Lipinski definition) is 1. The number of rotatable bonds is 3. The van der Waals surface area contributed by atoms with Crippen LogP contribution in [0, 0.1) is 0 Å². The van der Waals surface area contributed by atoms with Gasteiger partial charge in [0.15, 0.2) is 0 Å². The third-order valence-corrected chi connectivity index (χ3v) is 2.86. The molecule has 0 saturated carbocycles. The van der Waals surface area contributed by atoms with Crippen LogP contribution in [0.5, 0.6) is 0 Å². The van der Waals surface area contributed by atoms with E-state index < -0.39 is 0 Å². The van der Waals surface area contributed by atoms with Gasteiger partial charge in [0.25, 0.3) is 0 Å². The first-order valence-corrected chi connectivity index (χ1v) is 5.83. The highest BCUT2D eigenvalue weighted by Gasteiger charge is 2.23. The normalized spacial score (nSPS) is 25.8. The molecule has 0 aliphatic carbocycles. The number of anilines is 1. The third kappa shape index (κ3) is 2.27. The second-order valence-corrected chi connectivity index (χ2v) is 4.54. The highest BCUT2D eigenvalue weighted by atomic mass is 15.3. The fraction of sp³-hybridized carbons (Fsp3) is 0.583. The lowest BCUT2D eigenvalue weighted by atomic mass is 10.1. The van der Waals surface area contributed by atoms with Crippen LogP contribution < -0.4 is 10.2 Å². The van der Waals surface area contributed by atoms with Crippen molar-refractivity contribution >= 4 is 5.95 Å². The van der Waals surface area contributed by atoms with E-state index in [2.05, 4.69) is 40.2 Å². The van der Waals surface area contributed by atoms with Crippen molar-refractivity contribution in [2.75, 3.05) is 18.0 Å². The summed E-state index contributed by atoms with van der Waals surface area (Å²) in [6.07, 6.45) is 5.77. The Hall–Kier alpha value is -1.29. The molecule has 2 unspecified atom stereocenters. The van der Waals surface area contributed by atoms with Crippen molar-refractivity contribution in [3.8, 4) is 0 Å². The Morgan fingerprint density at radius 1 is 1.50 bits per heavy atom. The van der Waals surface area contributed by atoms with E-state index >= 15 is 0 Å². The largest absolute Gasteiger partial charge is 0.339 e. The van der Waals surface area contributed by atoms with Crippen LogP contribution >= 0.6 is 0 Å². The lowest BCUT2D eigenvalue weighted by molar-refractivity contribution is 0.401. The topological polar surface area (TPSA) is 33.1 Å². The molecule has 2 rings (SSSR count). The molecule has 1 aromatic rings. The average Bonchev–Trinajstić information content (AvgIpc) is 2.65. The summed E-state index contributed by atoms with van der Waals surface area (Å²) >= 11 is 0. The number of allylic oxidation sites excluding steroid dienone is 1. The highest BCUT2D eigenvalue weighted by molar-refractivity contribution is 5.33. The molecule has 1 fully saturated rings. The van der Waals surface area contributed by atoms with Gasteiger partial charge in [0.05, 0.1) is 0 Å². The quantitative estimate of drug-likeness (QED) is 0.778. The lowest BCUT2D eigenvalue weighted by Crippen LogP contribution is -2.55. The van der Waals surface area contributed by atoms with Gasteiger partial charge in [0, 0.05) is 44.1 Å². The van der Waals surface area contributed by atoms with Crippen molar-refractivity contribution in [2.45, 2.75) is 32.5 Å².